The van der Waals surface area contributed by atoms with Gasteiger partial charge in [0.25, 0.3) is 0 Å². The lowest BCUT2D eigenvalue weighted by Crippen LogP contribution is -2.54. The van der Waals surface area contributed by atoms with Gasteiger partial charge < -0.3 is 25.3 Å². The van der Waals surface area contributed by atoms with Crippen LogP contribution in [-0.4, -0.2) is 45.1 Å². The van der Waals surface area contributed by atoms with Crippen molar-refractivity contribution >= 4 is 40.1 Å². The molecule has 0 bridgehead atoms. The number of rotatable bonds is 5. The van der Waals surface area contributed by atoms with E-state index in [1.807, 2.05) is 25.1 Å². The first-order valence-corrected chi connectivity index (χ1v) is 10.9. The van der Waals surface area contributed by atoms with Crippen LogP contribution in [0.3, 0.4) is 0 Å². The summed E-state index contributed by atoms with van der Waals surface area (Å²) in [6.45, 7) is 8.18. The zero-order valence-corrected chi connectivity index (χ0v) is 18.7. The number of hydrogen-bond donors (Lipinski definition) is 4. The van der Waals surface area contributed by atoms with Crippen molar-refractivity contribution < 1.29 is 4.42 Å². The van der Waals surface area contributed by atoms with E-state index in [1.165, 1.54) is 0 Å². The molecule has 0 amide bonds. The van der Waals surface area contributed by atoms with Gasteiger partial charge in [0.1, 0.15) is 11.6 Å². The van der Waals surface area contributed by atoms with Gasteiger partial charge in [0.2, 0.25) is 5.95 Å². The average Bonchev–Trinajstić information content (AvgIpc) is 3.17. The molecule has 1 aliphatic heterocycles. The Kier molecular flexibility index (Phi) is 5.43. The van der Waals surface area contributed by atoms with E-state index in [1.54, 1.807) is 24.5 Å². The quantitative estimate of drug-likeness (QED) is 0.365. The van der Waals surface area contributed by atoms with E-state index < -0.39 is 5.76 Å². The SMILES string of the molecule is Cc1cnc(Nc2ccc(N3C[C@H](C)NC[C@H]3C)nc2)nc1Nc1ccc2oc(=O)[nH]c2c1. The fourth-order valence-corrected chi connectivity index (χ4v) is 3.90. The minimum atomic E-state index is -0.479. The van der Waals surface area contributed by atoms with Gasteiger partial charge in [-0.15, -0.1) is 0 Å². The highest BCUT2D eigenvalue weighted by Crippen LogP contribution is 2.24. The van der Waals surface area contributed by atoms with Crippen molar-refractivity contribution in [2.75, 3.05) is 28.6 Å². The Bertz CT molecular complexity index is 1330. The number of aromatic amines is 1. The van der Waals surface area contributed by atoms with Crippen LogP contribution in [0.5, 0.6) is 0 Å². The average molecular weight is 447 g/mol. The molecule has 4 heterocycles. The molecule has 3 aromatic heterocycles. The highest BCUT2D eigenvalue weighted by Gasteiger charge is 2.23. The van der Waals surface area contributed by atoms with Gasteiger partial charge in [-0.2, -0.15) is 4.98 Å². The lowest BCUT2D eigenvalue weighted by molar-refractivity contribution is 0.422. The van der Waals surface area contributed by atoms with Crippen molar-refractivity contribution in [1.29, 1.82) is 0 Å². The number of hydrogen-bond acceptors (Lipinski definition) is 9. The fraction of sp³-hybridized carbons (Fsp3) is 0.304. The molecule has 0 saturated carbocycles. The van der Waals surface area contributed by atoms with Crippen LogP contribution in [-0.2, 0) is 0 Å². The van der Waals surface area contributed by atoms with E-state index in [9.17, 15) is 4.79 Å². The molecule has 1 aliphatic rings. The summed E-state index contributed by atoms with van der Waals surface area (Å²) < 4.78 is 5.05. The molecule has 0 spiro atoms. The lowest BCUT2D eigenvalue weighted by atomic mass is 10.1. The number of piperazine rings is 1. The van der Waals surface area contributed by atoms with E-state index in [0.29, 0.717) is 34.9 Å². The van der Waals surface area contributed by atoms with E-state index in [-0.39, 0.29) is 0 Å². The molecular weight excluding hydrogens is 420 g/mol. The van der Waals surface area contributed by atoms with E-state index >= 15 is 0 Å². The lowest BCUT2D eigenvalue weighted by Gasteiger charge is -2.38. The second kappa shape index (κ2) is 8.55. The Morgan fingerprint density at radius 1 is 1.09 bits per heavy atom. The highest BCUT2D eigenvalue weighted by atomic mass is 16.4. The van der Waals surface area contributed by atoms with Crippen LogP contribution < -0.4 is 26.6 Å². The van der Waals surface area contributed by atoms with Gasteiger partial charge in [-0.25, -0.2) is 14.8 Å². The number of nitrogens with one attached hydrogen (secondary N) is 4. The Morgan fingerprint density at radius 3 is 2.76 bits per heavy atom. The Balaban J connectivity index is 1.32. The third-order valence-corrected chi connectivity index (χ3v) is 5.72. The van der Waals surface area contributed by atoms with E-state index in [0.717, 1.165) is 35.8 Å². The van der Waals surface area contributed by atoms with E-state index in [2.05, 4.69) is 54.6 Å². The largest absolute Gasteiger partial charge is 0.417 e. The number of fused-ring (bicyclic) bond motifs is 1. The van der Waals surface area contributed by atoms with E-state index in [4.69, 9.17) is 4.42 Å². The Morgan fingerprint density at radius 2 is 1.94 bits per heavy atom. The molecule has 1 aromatic carbocycles. The number of anilines is 5. The molecule has 0 radical (unpaired) electrons. The first-order chi connectivity index (χ1) is 15.9. The summed E-state index contributed by atoms with van der Waals surface area (Å²) in [5.74, 6) is 1.60. The monoisotopic (exact) mass is 446 g/mol. The molecule has 4 N–H and O–H groups in total. The first kappa shape index (κ1) is 21.0. The number of aromatic nitrogens is 4. The Hall–Kier alpha value is -3.92. The summed E-state index contributed by atoms with van der Waals surface area (Å²) >= 11 is 0. The maximum atomic E-state index is 11.4. The number of nitrogens with zero attached hydrogens (tertiary/aromatic N) is 4. The summed E-state index contributed by atoms with van der Waals surface area (Å²) in [5, 5.41) is 9.99. The Labute approximate surface area is 190 Å². The number of H-pyrrole nitrogens is 1. The summed E-state index contributed by atoms with van der Waals surface area (Å²) in [4.78, 5) is 30.0. The number of benzene rings is 1. The smallest absolute Gasteiger partial charge is 0.408 e. The molecule has 0 unspecified atom stereocenters. The number of oxazole rings is 1. The standard InChI is InChI=1S/C23H26N8O2/c1-13-9-26-22(30-21(13)27-16-4-6-19-18(8-16)29-23(32)33-19)28-17-5-7-20(25-11-17)31-12-14(2)24-10-15(31)3/h4-9,11,14-15,24H,10,12H2,1-3H3,(H,29,32)(H2,26,27,28,30)/t14-,15+/m0/s1. The summed E-state index contributed by atoms with van der Waals surface area (Å²) in [7, 11) is 0. The molecule has 5 rings (SSSR count). The third-order valence-electron chi connectivity index (χ3n) is 5.72. The van der Waals surface area contributed by atoms with Gasteiger partial charge in [-0.3, -0.25) is 4.98 Å². The first-order valence-electron chi connectivity index (χ1n) is 10.9. The van der Waals surface area contributed by atoms with Crippen LogP contribution in [0.4, 0.5) is 29.0 Å². The van der Waals surface area contributed by atoms with Crippen molar-refractivity contribution in [1.82, 2.24) is 25.3 Å². The van der Waals surface area contributed by atoms with Gasteiger partial charge in [0.05, 0.1) is 17.4 Å². The number of pyridine rings is 1. The minimum Gasteiger partial charge on any atom is -0.408 e. The maximum Gasteiger partial charge on any atom is 0.417 e. The molecule has 10 heteroatoms. The zero-order chi connectivity index (χ0) is 22.9. The van der Waals surface area contributed by atoms with Gasteiger partial charge in [-0.1, -0.05) is 0 Å². The second-order valence-electron chi connectivity index (χ2n) is 8.42. The van der Waals surface area contributed by atoms with Crippen molar-refractivity contribution in [3.63, 3.8) is 0 Å². The third kappa shape index (κ3) is 4.51. The zero-order valence-electron chi connectivity index (χ0n) is 18.7. The minimum absolute atomic E-state index is 0.390. The molecule has 33 heavy (non-hydrogen) atoms. The van der Waals surface area contributed by atoms with Gasteiger partial charge >= 0.3 is 5.76 Å². The maximum absolute atomic E-state index is 11.4. The van der Waals surface area contributed by atoms with Crippen LogP contribution in [0.1, 0.15) is 19.4 Å². The summed E-state index contributed by atoms with van der Waals surface area (Å²) in [6.07, 6.45) is 3.55. The van der Waals surface area contributed by atoms with Crippen LogP contribution in [0.25, 0.3) is 11.1 Å². The van der Waals surface area contributed by atoms with Gasteiger partial charge in [0.15, 0.2) is 5.58 Å². The van der Waals surface area contributed by atoms with Gasteiger partial charge in [0, 0.05) is 42.6 Å². The molecular formula is C23H26N8O2. The predicted octanol–water partition coefficient (Wildman–Crippen LogP) is 3.29. The topological polar surface area (TPSA) is 124 Å². The van der Waals surface area contributed by atoms with Crippen molar-refractivity contribution in [3.05, 3.63) is 58.8 Å². The molecule has 4 aromatic rings. The van der Waals surface area contributed by atoms with Gasteiger partial charge in [-0.05, 0) is 51.1 Å². The summed E-state index contributed by atoms with van der Waals surface area (Å²) in [6, 6.07) is 10.2. The molecule has 1 fully saturated rings. The van der Waals surface area contributed by atoms with Crippen LogP contribution >= 0.6 is 0 Å². The van der Waals surface area contributed by atoms with Crippen molar-refractivity contribution in [2.45, 2.75) is 32.9 Å². The van der Waals surface area contributed by atoms with Crippen molar-refractivity contribution in [3.8, 4) is 0 Å². The number of aryl methyl sites for hydroxylation is 1. The second-order valence-corrected chi connectivity index (χ2v) is 8.42. The molecule has 1 saturated heterocycles. The highest BCUT2D eigenvalue weighted by molar-refractivity contribution is 5.78. The molecule has 0 aliphatic carbocycles. The van der Waals surface area contributed by atoms with Crippen LogP contribution in [0.2, 0.25) is 0 Å². The molecule has 170 valence electrons. The molecule has 10 nitrogen and oxygen atoms in total. The fourth-order valence-electron chi connectivity index (χ4n) is 3.90. The predicted molar refractivity (Wildman–Crippen MR) is 129 cm³/mol. The molecule has 2 atom stereocenters. The van der Waals surface area contributed by atoms with Crippen LogP contribution in [0, 0.1) is 6.92 Å². The normalized spacial score (nSPS) is 18.5. The summed E-state index contributed by atoms with van der Waals surface area (Å²) in [5.41, 5.74) is 3.60. The van der Waals surface area contributed by atoms with Crippen LogP contribution in [0.15, 0.2) is 51.9 Å². The van der Waals surface area contributed by atoms with Crippen molar-refractivity contribution in [2.24, 2.45) is 0 Å².